The van der Waals surface area contributed by atoms with Gasteiger partial charge in [-0.2, -0.15) is 5.10 Å². The van der Waals surface area contributed by atoms with Crippen LogP contribution in [0.4, 0.5) is 4.39 Å². The molecular weight excluding hydrogens is 665 g/mol. The second-order valence-electron chi connectivity index (χ2n) is 6.27. The number of rotatable bonds is 8. The number of hydrogen-bond donors (Lipinski definition) is 1. The van der Waals surface area contributed by atoms with E-state index < -0.39 is 0 Å². The summed E-state index contributed by atoms with van der Waals surface area (Å²) in [6.45, 7) is 0.276. The van der Waals surface area contributed by atoms with E-state index in [9.17, 15) is 9.18 Å². The minimum absolute atomic E-state index is 0.198. The zero-order valence-electron chi connectivity index (χ0n) is 15.9. The van der Waals surface area contributed by atoms with E-state index in [4.69, 9.17) is 16.3 Å². The van der Waals surface area contributed by atoms with Crippen molar-refractivity contribution in [2.24, 2.45) is 5.10 Å². The van der Waals surface area contributed by atoms with Crippen LogP contribution >= 0.6 is 68.5 Å². The van der Waals surface area contributed by atoms with Crippen molar-refractivity contribution in [3.05, 3.63) is 89.8 Å². The molecule has 1 N–H and O–H groups in total. The van der Waals surface area contributed by atoms with Gasteiger partial charge in [-0.3, -0.25) is 4.79 Å². The Hall–Kier alpha value is -1.37. The van der Waals surface area contributed by atoms with E-state index >= 15 is 0 Å². The number of benzene rings is 3. The molecular formula is C22H16ClFI2N2O2S. The molecule has 4 nitrogen and oxygen atoms in total. The summed E-state index contributed by atoms with van der Waals surface area (Å²) in [4.78, 5) is 12.9. The molecule has 0 aliphatic heterocycles. The normalized spacial score (nSPS) is 11.0. The summed E-state index contributed by atoms with van der Waals surface area (Å²) in [5.41, 5.74) is 4.12. The third-order valence-electron chi connectivity index (χ3n) is 3.88. The fourth-order valence-corrected chi connectivity index (χ4v) is 5.41. The molecule has 0 radical (unpaired) electrons. The first-order valence-electron chi connectivity index (χ1n) is 8.97. The fraction of sp³-hybridized carbons (Fsp3) is 0.0909. The van der Waals surface area contributed by atoms with Crippen molar-refractivity contribution in [1.82, 2.24) is 5.43 Å². The van der Waals surface area contributed by atoms with Crippen molar-refractivity contribution in [2.75, 3.05) is 5.75 Å². The predicted molar refractivity (Wildman–Crippen MR) is 141 cm³/mol. The van der Waals surface area contributed by atoms with Crippen molar-refractivity contribution in [1.29, 1.82) is 0 Å². The summed E-state index contributed by atoms with van der Waals surface area (Å²) in [7, 11) is 0. The van der Waals surface area contributed by atoms with Gasteiger partial charge in [0.2, 0.25) is 5.91 Å². The first kappa shape index (κ1) is 24.3. The van der Waals surface area contributed by atoms with E-state index in [2.05, 4.69) is 55.7 Å². The van der Waals surface area contributed by atoms with E-state index in [1.165, 1.54) is 23.9 Å². The summed E-state index contributed by atoms with van der Waals surface area (Å²) in [6.07, 6.45) is 1.59. The van der Waals surface area contributed by atoms with Gasteiger partial charge in [0.25, 0.3) is 0 Å². The summed E-state index contributed by atoms with van der Waals surface area (Å²) in [5, 5.41) is 4.70. The van der Waals surface area contributed by atoms with Crippen LogP contribution in [0.15, 0.2) is 70.7 Å². The number of ether oxygens (including phenoxy) is 1. The molecule has 31 heavy (non-hydrogen) atoms. The van der Waals surface area contributed by atoms with Crippen LogP contribution in [0.1, 0.15) is 11.1 Å². The van der Waals surface area contributed by atoms with E-state index in [0.29, 0.717) is 5.02 Å². The second-order valence-corrected chi connectivity index (χ2v) is 10.1. The standard InChI is InChI=1S/C22H16ClFI2N2O2S/c23-16-4-6-18(7-5-16)31-13-21(29)28-27-11-15-9-19(25)22(20(26)10-15)30-12-14-2-1-3-17(24)8-14/h1-11H,12-13H2,(H,28,29)/b27-11-. The van der Waals surface area contributed by atoms with Gasteiger partial charge in [0.1, 0.15) is 18.2 Å². The van der Waals surface area contributed by atoms with E-state index in [1.54, 1.807) is 24.4 Å². The van der Waals surface area contributed by atoms with E-state index in [-0.39, 0.29) is 24.1 Å². The van der Waals surface area contributed by atoms with E-state index in [0.717, 1.165) is 28.9 Å². The quantitative estimate of drug-likeness (QED) is 0.128. The van der Waals surface area contributed by atoms with Gasteiger partial charge in [-0.15, -0.1) is 11.8 Å². The van der Waals surface area contributed by atoms with Gasteiger partial charge < -0.3 is 4.74 Å². The average Bonchev–Trinajstić information content (AvgIpc) is 2.73. The Bertz CT molecular complexity index is 1070. The fourth-order valence-electron chi connectivity index (χ4n) is 2.46. The van der Waals surface area contributed by atoms with Crippen LogP contribution in [-0.4, -0.2) is 17.9 Å². The van der Waals surface area contributed by atoms with Crippen LogP contribution in [0.2, 0.25) is 5.02 Å². The van der Waals surface area contributed by atoms with Crippen LogP contribution < -0.4 is 10.2 Å². The van der Waals surface area contributed by atoms with Crippen LogP contribution in [0, 0.1) is 13.0 Å². The lowest BCUT2D eigenvalue weighted by atomic mass is 10.2. The maximum Gasteiger partial charge on any atom is 0.250 e. The van der Waals surface area contributed by atoms with Crippen molar-refractivity contribution >= 4 is 80.7 Å². The predicted octanol–water partition coefficient (Wildman–Crippen LogP) is 6.51. The van der Waals surface area contributed by atoms with E-state index in [1.807, 2.05) is 30.3 Å². The molecule has 0 heterocycles. The summed E-state index contributed by atoms with van der Waals surface area (Å²) in [6, 6.07) is 17.4. The third kappa shape index (κ3) is 7.92. The number of hydrazone groups is 1. The first-order valence-corrected chi connectivity index (χ1v) is 12.5. The molecule has 1 amide bonds. The molecule has 0 saturated heterocycles. The van der Waals surface area contributed by atoms with Gasteiger partial charge in [-0.1, -0.05) is 23.7 Å². The largest absolute Gasteiger partial charge is 0.487 e. The topological polar surface area (TPSA) is 50.7 Å². The number of carbonyl (C=O) groups is 1. The number of thioether (sulfide) groups is 1. The molecule has 0 aliphatic carbocycles. The molecule has 9 heteroatoms. The molecule has 0 unspecified atom stereocenters. The lowest BCUT2D eigenvalue weighted by Crippen LogP contribution is -2.19. The Morgan fingerprint density at radius 1 is 1.13 bits per heavy atom. The van der Waals surface area contributed by atoms with Gasteiger partial charge >= 0.3 is 0 Å². The van der Waals surface area contributed by atoms with Gasteiger partial charge in [-0.05, 0) is 105 Å². The Labute approximate surface area is 216 Å². The Balaban J connectivity index is 1.53. The molecule has 0 bridgehead atoms. The van der Waals surface area contributed by atoms with Gasteiger partial charge in [-0.25, -0.2) is 9.82 Å². The highest BCUT2D eigenvalue weighted by molar-refractivity contribution is 14.1. The third-order valence-corrected chi connectivity index (χ3v) is 6.75. The van der Waals surface area contributed by atoms with Crippen LogP contribution in [0.25, 0.3) is 0 Å². The van der Waals surface area contributed by atoms with Crippen molar-refractivity contribution in [3.63, 3.8) is 0 Å². The maximum absolute atomic E-state index is 13.3. The number of nitrogens with zero attached hydrogens (tertiary/aromatic N) is 1. The van der Waals surface area contributed by atoms with Gasteiger partial charge in [0.15, 0.2) is 0 Å². The molecule has 0 spiro atoms. The number of halogens is 4. The zero-order valence-corrected chi connectivity index (χ0v) is 21.8. The Morgan fingerprint density at radius 2 is 1.84 bits per heavy atom. The second kappa shape index (κ2) is 12.0. The number of amides is 1. The zero-order chi connectivity index (χ0) is 22.2. The van der Waals surface area contributed by atoms with Gasteiger partial charge in [0, 0.05) is 9.92 Å². The Morgan fingerprint density at radius 3 is 2.52 bits per heavy atom. The molecule has 160 valence electrons. The van der Waals surface area contributed by atoms with Crippen molar-refractivity contribution in [3.8, 4) is 5.75 Å². The van der Waals surface area contributed by atoms with Crippen molar-refractivity contribution in [2.45, 2.75) is 11.5 Å². The van der Waals surface area contributed by atoms with Crippen LogP contribution in [0.5, 0.6) is 5.75 Å². The lowest BCUT2D eigenvalue weighted by Gasteiger charge is -2.11. The number of hydrogen-bond acceptors (Lipinski definition) is 4. The van der Waals surface area contributed by atoms with Crippen LogP contribution in [-0.2, 0) is 11.4 Å². The number of nitrogens with one attached hydrogen (secondary N) is 1. The Kier molecular flexibility index (Phi) is 9.42. The molecule has 0 saturated carbocycles. The highest BCUT2D eigenvalue weighted by atomic mass is 127. The highest BCUT2D eigenvalue weighted by Crippen LogP contribution is 2.29. The minimum atomic E-state index is -0.286. The van der Waals surface area contributed by atoms with Crippen LogP contribution in [0.3, 0.4) is 0 Å². The summed E-state index contributed by atoms with van der Waals surface area (Å²) in [5.74, 6) is 0.494. The monoisotopic (exact) mass is 680 g/mol. The molecule has 0 aliphatic rings. The van der Waals surface area contributed by atoms with Gasteiger partial charge in [0.05, 0.1) is 19.1 Å². The minimum Gasteiger partial charge on any atom is -0.487 e. The molecule has 3 aromatic carbocycles. The molecule has 0 atom stereocenters. The first-order chi connectivity index (χ1) is 14.9. The molecule has 0 aromatic heterocycles. The summed E-state index contributed by atoms with van der Waals surface area (Å²) < 4.78 is 21.0. The molecule has 3 aromatic rings. The maximum atomic E-state index is 13.3. The SMILES string of the molecule is O=C(CSc1ccc(Cl)cc1)N/N=C\c1cc(I)c(OCc2cccc(F)c2)c(I)c1. The lowest BCUT2D eigenvalue weighted by molar-refractivity contribution is -0.118. The number of carbonyl (C=O) groups excluding carboxylic acids is 1. The molecule has 3 rings (SSSR count). The smallest absolute Gasteiger partial charge is 0.250 e. The average molecular weight is 681 g/mol. The summed E-state index contributed by atoms with van der Waals surface area (Å²) >= 11 is 11.6. The molecule has 0 fully saturated rings. The van der Waals surface area contributed by atoms with Crippen molar-refractivity contribution < 1.29 is 13.9 Å². The highest BCUT2D eigenvalue weighted by Gasteiger charge is 2.09.